The molecular weight excluding hydrogens is 669 g/mol. The second kappa shape index (κ2) is 14.9. The summed E-state index contributed by atoms with van der Waals surface area (Å²) in [6.45, 7) is 4.53. The van der Waals surface area contributed by atoms with Gasteiger partial charge in [0.2, 0.25) is 0 Å². The van der Waals surface area contributed by atoms with Crippen molar-refractivity contribution in [2.45, 2.75) is 0 Å². The third kappa shape index (κ3) is 7.07. The Morgan fingerprint density at radius 3 is 1.71 bits per heavy atom. The van der Waals surface area contributed by atoms with Gasteiger partial charge in [0, 0.05) is 22.1 Å². The van der Waals surface area contributed by atoms with Crippen LogP contribution in [0.5, 0.6) is 0 Å². The molecule has 9 rings (SSSR count). The van der Waals surface area contributed by atoms with Crippen LogP contribution < -0.4 is 0 Å². The molecule has 0 aliphatic rings. The van der Waals surface area contributed by atoms with Crippen molar-refractivity contribution in [3.8, 4) is 67.3 Å². The molecule has 2 aromatic heterocycles. The highest BCUT2D eigenvalue weighted by Crippen LogP contribution is 2.37. The van der Waals surface area contributed by atoms with Crippen molar-refractivity contribution < 1.29 is 4.42 Å². The maximum Gasteiger partial charge on any atom is 0.160 e. The Hall–Kier alpha value is -7.36. The molecule has 0 radical (unpaired) electrons. The predicted octanol–water partition coefficient (Wildman–Crippen LogP) is 14.0. The standard InChI is InChI=1S/C52H36N2O/c1-36(45-31-29-43(33-47(45)38-18-8-3-9-19-38)42-25-14-24-41(32-42)37-16-6-2-7-17-37)28-30-44-34-48-46(26-15-27-51(48)55-44)50-35-49(39-20-10-4-11-21-39)53-52(54-50)40-22-12-5-13-23-40/h2-35H,1H2/b30-28-. The minimum Gasteiger partial charge on any atom is -0.457 e. The van der Waals surface area contributed by atoms with Crippen LogP contribution in [0.3, 0.4) is 0 Å². The van der Waals surface area contributed by atoms with E-state index in [9.17, 15) is 0 Å². The summed E-state index contributed by atoms with van der Waals surface area (Å²) in [5.41, 5.74) is 14.4. The third-order valence-electron chi connectivity index (χ3n) is 9.89. The Morgan fingerprint density at radius 2 is 1.00 bits per heavy atom. The van der Waals surface area contributed by atoms with Gasteiger partial charge in [0.15, 0.2) is 5.82 Å². The van der Waals surface area contributed by atoms with Gasteiger partial charge in [-0.25, -0.2) is 9.97 Å². The molecule has 0 aliphatic heterocycles. The van der Waals surface area contributed by atoms with Gasteiger partial charge in [-0.1, -0.05) is 176 Å². The van der Waals surface area contributed by atoms with Crippen LogP contribution >= 0.6 is 0 Å². The van der Waals surface area contributed by atoms with Gasteiger partial charge in [-0.05, 0) is 80.9 Å². The highest BCUT2D eigenvalue weighted by molar-refractivity contribution is 5.96. The number of furan rings is 1. The smallest absolute Gasteiger partial charge is 0.160 e. The Morgan fingerprint density at radius 1 is 0.436 bits per heavy atom. The number of hydrogen-bond donors (Lipinski definition) is 0. The van der Waals surface area contributed by atoms with E-state index in [0.717, 1.165) is 72.6 Å². The summed E-state index contributed by atoms with van der Waals surface area (Å²) >= 11 is 0. The molecule has 55 heavy (non-hydrogen) atoms. The van der Waals surface area contributed by atoms with Gasteiger partial charge >= 0.3 is 0 Å². The zero-order valence-electron chi connectivity index (χ0n) is 30.1. The summed E-state index contributed by atoms with van der Waals surface area (Å²) in [4.78, 5) is 10.1. The van der Waals surface area contributed by atoms with Crippen molar-refractivity contribution in [2.24, 2.45) is 0 Å². The van der Waals surface area contributed by atoms with Crippen molar-refractivity contribution in [1.29, 1.82) is 0 Å². The van der Waals surface area contributed by atoms with Crippen LogP contribution in [0.1, 0.15) is 11.3 Å². The van der Waals surface area contributed by atoms with Crippen molar-refractivity contribution >= 4 is 22.6 Å². The molecule has 0 fully saturated rings. The average molecular weight is 705 g/mol. The molecule has 0 saturated heterocycles. The van der Waals surface area contributed by atoms with Crippen LogP contribution in [0.2, 0.25) is 0 Å². The van der Waals surface area contributed by atoms with Gasteiger partial charge in [-0.3, -0.25) is 0 Å². The Bertz CT molecular complexity index is 2740. The van der Waals surface area contributed by atoms with E-state index >= 15 is 0 Å². The molecule has 2 heterocycles. The van der Waals surface area contributed by atoms with E-state index in [4.69, 9.17) is 14.4 Å². The summed E-state index contributed by atoms with van der Waals surface area (Å²) in [6.07, 6.45) is 4.05. The van der Waals surface area contributed by atoms with Crippen molar-refractivity contribution in [2.75, 3.05) is 0 Å². The molecule has 0 amide bonds. The number of rotatable bonds is 9. The Kier molecular flexibility index (Phi) is 9.09. The maximum absolute atomic E-state index is 6.41. The second-order valence-electron chi connectivity index (χ2n) is 13.5. The van der Waals surface area contributed by atoms with Crippen LogP contribution in [0, 0.1) is 0 Å². The van der Waals surface area contributed by atoms with Crippen LogP contribution in [-0.2, 0) is 0 Å². The molecular formula is C52H36N2O. The molecule has 3 nitrogen and oxygen atoms in total. The number of allylic oxidation sites excluding steroid dienone is 2. The molecule has 0 spiro atoms. The van der Waals surface area contributed by atoms with E-state index in [1.165, 1.54) is 16.7 Å². The van der Waals surface area contributed by atoms with E-state index in [0.29, 0.717) is 5.82 Å². The number of fused-ring (bicyclic) bond motifs is 1. The van der Waals surface area contributed by atoms with Crippen LogP contribution in [0.4, 0.5) is 0 Å². The minimum atomic E-state index is 0.679. The second-order valence-corrected chi connectivity index (χ2v) is 13.5. The largest absolute Gasteiger partial charge is 0.457 e. The summed E-state index contributed by atoms with van der Waals surface area (Å²) < 4.78 is 6.41. The molecule has 9 aromatic rings. The molecule has 0 N–H and O–H groups in total. The maximum atomic E-state index is 6.41. The molecule has 0 unspecified atom stereocenters. The molecule has 0 bridgehead atoms. The monoisotopic (exact) mass is 704 g/mol. The van der Waals surface area contributed by atoms with Gasteiger partial charge in [0.05, 0.1) is 11.4 Å². The van der Waals surface area contributed by atoms with Crippen LogP contribution in [0.25, 0.3) is 89.9 Å². The highest BCUT2D eigenvalue weighted by Gasteiger charge is 2.15. The highest BCUT2D eigenvalue weighted by atomic mass is 16.3. The van der Waals surface area contributed by atoms with E-state index in [-0.39, 0.29) is 0 Å². The zero-order chi connectivity index (χ0) is 37.0. The Labute approximate surface area is 321 Å². The van der Waals surface area contributed by atoms with E-state index < -0.39 is 0 Å². The molecule has 7 aromatic carbocycles. The minimum absolute atomic E-state index is 0.679. The number of hydrogen-bond acceptors (Lipinski definition) is 3. The molecule has 0 aliphatic carbocycles. The number of aromatic nitrogens is 2. The van der Waals surface area contributed by atoms with Gasteiger partial charge in [0.1, 0.15) is 11.3 Å². The summed E-state index contributed by atoms with van der Waals surface area (Å²) in [5, 5.41) is 0.983. The summed E-state index contributed by atoms with van der Waals surface area (Å²) in [5.74, 6) is 1.41. The fourth-order valence-electron chi connectivity index (χ4n) is 7.09. The molecule has 0 atom stereocenters. The SMILES string of the molecule is C=C(/C=C\c1cc2c(-c3cc(-c4ccccc4)nc(-c4ccccc4)n3)cccc2o1)c1ccc(-c2cccc(-c3ccccc3)c2)cc1-c1ccccc1. The lowest BCUT2D eigenvalue weighted by molar-refractivity contribution is 0.604. The molecule has 260 valence electrons. The van der Waals surface area contributed by atoms with E-state index in [2.05, 4.69) is 128 Å². The first-order valence-electron chi connectivity index (χ1n) is 18.4. The average Bonchev–Trinajstić information content (AvgIpc) is 3.70. The number of benzene rings is 7. The van der Waals surface area contributed by atoms with Gasteiger partial charge in [-0.2, -0.15) is 0 Å². The summed E-state index contributed by atoms with van der Waals surface area (Å²) in [7, 11) is 0. The predicted molar refractivity (Wildman–Crippen MR) is 229 cm³/mol. The van der Waals surface area contributed by atoms with Gasteiger partial charge < -0.3 is 4.42 Å². The fraction of sp³-hybridized carbons (Fsp3) is 0. The first-order chi connectivity index (χ1) is 27.2. The Balaban J connectivity index is 1.06. The van der Waals surface area contributed by atoms with Crippen LogP contribution in [-0.4, -0.2) is 9.97 Å². The number of nitrogens with zero attached hydrogens (tertiary/aromatic N) is 2. The van der Waals surface area contributed by atoms with Gasteiger partial charge in [-0.15, -0.1) is 0 Å². The van der Waals surface area contributed by atoms with Crippen molar-refractivity contribution in [3.05, 3.63) is 218 Å². The lowest BCUT2D eigenvalue weighted by Gasteiger charge is -2.14. The fourth-order valence-corrected chi connectivity index (χ4v) is 7.09. The van der Waals surface area contributed by atoms with Crippen molar-refractivity contribution in [3.63, 3.8) is 0 Å². The normalized spacial score (nSPS) is 11.3. The quantitative estimate of drug-likeness (QED) is 0.140. The first kappa shape index (κ1) is 33.5. The van der Waals surface area contributed by atoms with E-state index in [1.807, 2.05) is 84.9 Å². The lowest BCUT2D eigenvalue weighted by atomic mass is 9.90. The molecule has 0 saturated carbocycles. The lowest BCUT2D eigenvalue weighted by Crippen LogP contribution is -1.96. The van der Waals surface area contributed by atoms with Crippen molar-refractivity contribution in [1.82, 2.24) is 9.97 Å². The summed E-state index contributed by atoms with van der Waals surface area (Å²) in [6, 6.07) is 67.0. The van der Waals surface area contributed by atoms with Gasteiger partial charge in [0.25, 0.3) is 0 Å². The van der Waals surface area contributed by atoms with E-state index in [1.54, 1.807) is 0 Å². The topological polar surface area (TPSA) is 38.9 Å². The zero-order valence-corrected chi connectivity index (χ0v) is 30.1. The van der Waals surface area contributed by atoms with Crippen LogP contribution in [0.15, 0.2) is 211 Å². The first-order valence-corrected chi connectivity index (χ1v) is 18.4. The third-order valence-corrected chi connectivity index (χ3v) is 9.89. The molecule has 3 heteroatoms.